The van der Waals surface area contributed by atoms with Crippen LogP contribution in [0.2, 0.25) is 0 Å². The first kappa shape index (κ1) is 10.2. The smallest absolute Gasteiger partial charge is 0.123 e. The van der Waals surface area contributed by atoms with Gasteiger partial charge in [0.15, 0.2) is 0 Å². The fraction of sp³-hybridized carbons (Fsp3) is 0.778. The molecule has 0 aliphatic heterocycles. The van der Waals surface area contributed by atoms with Gasteiger partial charge in [-0.1, -0.05) is 13.3 Å². The highest BCUT2D eigenvalue weighted by atomic mass is 16.1. The van der Waals surface area contributed by atoms with E-state index in [-0.39, 0.29) is 5.92 Å². The molecule has 1 unspecified atom stereocenters. The van der Waals surface area contributed by atoms with E-state index in [2.05, 4.69) is 6.07 Å². The molecule has 0 heterocycles. The molecular formula is C9H15NO. The van der Waals surface area contributed by atoms with Crippen LogP contribution in [0.1, 0.15) is 39.0 Å². The van der Waals surface area contributed by atoms with E-state index < -0.39 is 0 Å². The van der Waals surface area contributed by atoms with Gasteiger partial charge in [-0.3, -0.25) is 0 Å². The van der Waals surface area contributed by atoms with E-state index in [1.165, 1.54) is 0 Å². The number of hydrogen-bond acceptors (Lipinski definition) is 2. The second kappa shape index (κ2) is 7.27. The molecule has 0 spiro atoms. The average Bonchev–Trinajstić information content (AvgIpc) is 2.05. The molecule has 62 valence electrons. The summed E-state index contributed by atoms with van der Waals surface area (Å²) >= 11 is 0. The predicted molar refractivity (Wildman–Crippen MR) is 43.9 cm³/mol. The van der Waals surface area contributed by atoms with E-state index in [1.54, 1.807) is 0 Å². The molecule has 0 N–H and O–H groups in total. The third-order valence-electron chi connectivity index (χ3n) is 1.83. The Morgan fingerprint density at radius 2 is 2.27 bits per heavy atom. The second-order valence-electron chi connectivity index (χ2n) is 2.71. The highest BCUT2D eigenvalue weighted by Crippen LogP contribution is 2.10. The summed E-state index contributed by atoms with van der Waals surface area (Å²) in [5.41, 5.74) is 0. The normalized spacial score (nSPS) is 12.0. The Morgan fingerprint density at radius 3 is 2.73 bits per heavy atom. The van der Waals surface area contributed by atoms with Gasteiger partial charge in [-0.25, -0.2) is 0 Å². The molecule has 0 aliphatic carbocycles. The SMILES string of the molecule is CCC(C=O)CCCCC#N. The van der Waals surface area contributed by atoms with Crippen LogP contribution >= 0.6 is 0 Å². The Balaban J connectivity index is 3.22. The number of nitrogens with zero attached hydrogens (tertiary/aromatic N) is 1. The molecule has 0 aliphatic rings. The first-order valence-electron chi connectivity index (χ1n) is 4.17. The number of nitriles is 1. The molecule has 0 saturated heterocycles. The number of unbranched alkanes of at least 4 members (excludes halogenated alkanes) is 2. The maximum absolute atomic E-state index is 10.3. The zero-order valence-electron chi connectivity index (χ0n) is 7.05. The van der Waals surface area contributed by atoms with Crippen molar-refractivity contribution in [3.63, 3.8) is 0 Å². The van der Waals surface area contributed by atoms with E-state index in [9.17, 15) is 4.79 Å². The molecule has 0 aromatic heterocycles. The highest BCUT2D eigenvalue weighted by molar-refractivity contribution is 5.53. The van der Waals surface area contributed by atoms with Gasteiger partial charge in [0.05, 0.1) is 6.07 Å². The standard InChI is InChI=1S/C9H15NO/c1-2-9(8-11)6-4-3-5-7-10/h8-9H,2-6H2,1H3. The van der Waals surface area contributed by atoms with Gasteiger partial charge in [0.2, 0.25) is 0 Å². The Kier molecular flexibility index (Phi) is 6.71. The lowest BCUT2D eigenvalue weighted by Gasteiger charge is -2.04. The molecule has 0 aromatic carbocycles. The first-order valence-corrected chi connectivity index (χ1v) is 4.17. The van der Waals surface area contributed by atoms with Crippen LogP contribution in [0.25, 0.3) is 0 Å². The predicted octanol–water partition coefficient (Wildman–Crippen LogP) is 2.30. The minimum absolute atomic E-state index is 0.216. The molecule has 0 radical (unpaired) electrons. The van der Waals surface area contributed by atoms with Crippen molar-refractivity contribution >= 4 is 6.29 Å². The van der Waals surface area contributed by atoms with Gasteiger partial charge < -0.3 is 4.79 Å². The molecule has 0 rings (SSSR count). The van der Waals surface area contributed by atoms with Crippen LogP contribution < -0.4 is 0 Å². The van der Waals surface area contributed by atoms with Crippen molar-refractivity contribution in [3.05, 3.63) is 0 Å². The zero-order valence-corrected chi connectivity index (χ0v) is 7.05. The van der Waals surface area contributed by atoms with Crippen LogP contribution in [0, 0.1) is 17.2 Å². The molecular weight excluding hydrogens is 138 g/mol. The van der Waals surface area contributed by atoms with Gasteiger partial charge in [-0.2, -0.15) is 5.26 Å². The van der Waals surface area contributed by atoms with Crippen molar-refractivity contribution in [2.45, 2.75) is 39.0 Å². The van der Waals surface area contributed by atoms with Crippen molar-refractivity contribution in [1.82, 2.24) is 0 Å². The van der Waals surface area contributed by atoms with Crippen molar-refractivity contribution in [2.75, 3.05) is 0 Å². The summed E-state index contributed by atoms with van der Waals surface area (Å²) < 4.78 is 0. The summed E-state index contributed by atoms with van der Waals surface area (Å²) in [5.74, 6) is 0.216. The summed E-state index contributed by atoms with van der Waals surface area (Å²) in [5, 5.41) is 8.23. The fourth-order valence-corrected chi connectivity index (χ4v) is 0.979. The maximum atomic E-state index is 10.3. The van der Waals surface area contributed by atoms with E-state index in [4.69, 9.17) is 5.26 Å². The number of rotatable bonds is 6. The van der Waals surface area contributed by atoms with Gasteiger partial charge in [-0.15, -0.1) is 0 Å². The fourth-order valence-electron chi connectivity index (χ4n) is 0.979. The molecule has 2 heteroatoms. The number of carbonyl (C=O) groups is 1. The van der Waals surface area contributed by atoms with Gasteiger partial charge in [-0.05, 0) is 19.3 Å². The Labute approximate surface area is 68.2 Å². The van der Waals surface area contributed by atoms with Gasteiger partial charge >= 0.3 is 0 Å². The molecule has 0 amide bonds. The highest BCUT2D eigenvalue weighted by Gasteiger charge is 2.02. The third-order valence-corrected chi connectivity index (χ3v) is 1.83. The molecule has 0 saturated carbocycles. The molecule has 2 nitrogen and oxygen atoms in total. The van der Waals surface area contributed by atoms with E-state index in [1.807, 2.05) is 6.92 Å². The lowest BCUT2D eigenvalue weighted by atomic mass is 10.0. The quantitative estimate of drug-likeness (QED) is 0.434. The minimum atomic E-state index is 0.216. The second-order valence-corrected chi connectivity index (χ2v) is 2.71. The van der Waals surface area contributed by atoms with Crippen LogP contribution in [0.4, 0.5) is 0 Å². The summed E-state index contributed by atoms with van der Waals surface area (Å²) in [7, 11) is 0. The van der Waals surface area contributed by atoms with Gasteiger partial charge in [0.1, 0.15) is 6.29 Å². The number of aldehydes is 1. The summed E-state index contributed by atoms with van der Waals surface area (Å²) in [6, 6.07) is 2.09. The first-order chi connectivity index (χ1) is 5.35. The van der Waals surface area contributed by atoms with Gasteiger partial charge in [0.25, 0.3) is 0 Å². The Morgan fingerprint density at radius 1 is 1.55 bits per heavy atom. The molecule has 0 aromatic rings. The summed E-state index contributed by atoms with van der Waals surface area (Å²) in [6.07, 6.45) is 5.45. The summed E-state index contributed by atoms with van der Waals surface area (Å²) in [6.45, 7) is 2.02. The van der Waals surface area contributed by atoms with Crippen LogP contribution in [0.15, 0.2) is 0 Å². The number of hydrogen-bond donors (Lipinski definition) is 0. The van der Waals surface area contributed by atoms with Crippen molar-refractivity contribution in [1.29, 1.82) is 5.26 Å². The Hall–Kier alpha value is -0.840. The van der Waals surface area contributed by atoms with E-state index in [0.29, 0.717) is 6.42 Å². The van der Waals surface area contributed by atoms with E-state index >= 15 is 0 Å². The van der Waals surface area contributed by atoms with Crippen molar-refractivity contribution in [3.8, 4) is 6.07 Å². The van der Waals surface area contributed by atoms with Crippen LogP contribution in [-0.2, 0) is 4.79 Å². The maximum Gasteiger partial charge on any atom is 0.123 e. The average molecular weight is 153 g/mol. The van der Waals surface area contributed by atoms with Crippen LogP contribution in [-0.4, -0.2) is 6.29 Å². The third kappa shape index (κ3) is 5.60. The minimum Gasteiger partial charge on any atom is -0.303 e. The lowest BCUT2D eigenvalue weighted by molar-refractivity contribution is -0.111. The van der Waals surface area contributed by atoms with Gasteiger partial charge in [0, 0.05) is 12.3 Å². The number of carbonyl (C=O) groups excluding carboxylic acids is 1. The summed E-state index contributed by atoms with van der Waals surface area (Å²) in [4.78, 5) is 10.3. The lowest BCUT2D eigenvalue weighted by Crippen LogP contribution is -1.99. The Bertz CT molecular complexity index is 137. The van der Waals surface area contributed by atoms with Crippen LogP contribution in [0.3, 0.4) is 0 Å². The van der Waals surface area contributed by atoms with Crippen LogP contribution in [0.5, 0.6) is 0 Å². The topological polar surface area (TPSA) is 40.9 Å². The van der Waals surface area contributed by atoms with E-state index in [0.717, 1.165) is 32.0 Å². The van der Waals surface area contributed by atoms with Crippen molar-refractivity contribution in [2.24, 2.45) is 5.92 Å². The largest absolute Gasteiger partial charge is 0.303 e. The molecule has 0 bridgehead atoms. The zero-order chi connectivity index (χ0) is 8.53. The monoisotopic (exact) mass is 153 g/mol. The molecule has 11 heavy (non-hydrogen) atoms. The molecule has 1 atom stereocenters. The molecule has 0 fully saturated rings. The van der Waals surface area contributed by atoms with Crippen molar-refractivity contribution < 1.29 is 4.79 Å².